The van der Waals surface area contributed by atoms with Crippen molar-refractivity contribution < 1.29 is 4.79 Å². The standard InChI is InChI=1S/C14H21N3OS/c1-11(2)15-13-6-3-5-12(16-13)14(18)17-7-4-9-19-10-8-17/h3,5-6,11H,4,7-10H2,1-2H3,(H,15,16). The highest BCUT2D eigenvalue weighted by Crippen LogP contribution is 2.14. The molecule has 0 atom stereocenters. The number of nitrogens with zero attached hydrogens (tertiary/aromatic N) is 2. The first-order chi connectivity index (χ1) is 9.16. The summed E-state index contributed by atoms with van der Waals surface area (Å²) in [6.45, 7) is 5.78. The number of carbonyl (C=O) groups excluding carboxylic acids is 1. The summed E-state index contributed by atoms with van der Waals surface area (Å²) in [5.41, 5.74) is 0.539. The second-order valence-electron chi connectivity index (χ2n) is 4.97. The van der Waals surface area contributed by atoms with Crippen LogP contribution in [0.1, 0.15) is 30.8 Å². The third kappa shape index (κ3) is 4.13. The van der Waals surface area contributed by atoms with Gasteiger partial charge in [0, 0.05) is 24.9 Å². The first-order valence-electron chi connectivity index (χ1n) is 6.77. The molecule has 4 nitrogen and oxygen atoms in total. The molecule has 19 heavy (non-hydrogen) atoms. The molecule has 1 aliphatic rings. The highest BCUT2D eigenvalue weighted by molar-refractivity contribution is 7.99. The summed E-state index contributed by atoms with van der Waals surface area (Å²) in [5, 5.41) is 3.23. The predicted molar refractivity (Wildman–Crippen MR) is 80.8 cm³/mol. The zero-order valence-electron chi connectivity index (χ0n) is 11.6. The van der Waals surface area contributed by atoms with Gasteiger partial charge < -0.3 is 10.2 Å². The van der Waals surface area contributed by atoms with E-state index in [9.17, 15) is 4.79 Å². The van der Waals surface area contributed by atoms with Gasteiger partial charge in [-0.25, -0.2) is 4.98 Å². The van der Waals surface area contributed by atoms with E-state index in [1.807, 2.05) is 28.8 Å². The van der Waals surface area contributed by atoms with Crippen LogP contribution in [-0.2, 0) is 0 Å². The minimum absolute atomic E-state index is 0.0508. The average molecular weight is 279 g/mol. The normalized spacial score (nSPS) is 16.3. The lowest BCUT2D eigenvalue weighted by atomic mass is 10.3. The maximum absolute atomic E-state index is 12.4. The van der Waals surface area contributed by atoms with Crippen molar-refractivity contribution >= 4 is 23.5 Å². The van der Waals surface area contributed by atoms with Crippen molar-refractivity contribution in [2.24, 2.45) is 0 Å². The second-order valence-corrected chi connectivity index (χ2v) is 6.19. The van der Waals surface area contributed by atoms with Crippen LogP contribution in [0.3, 0.4) is 0 Å². The van der Waals surface area contributed by atoms with Crippen LogP contribution >= 0.6 is 11.8 Å². The van der Waals surface area contributed by atoms with E-state index in [1.54, 1.807) is 6.07 Å². The molecule has 1 fully saturated rings. The van der Waals surface area contributed by atoms with Gasteiger partial charge >= 0.3 is 0 Å². The molecule has 1 aromatic heterocycles. The number of hydrogen-bond acceptors (Lipinski definition) is 4. The first kappa shape index (κ1) is 14.2. The van der Waals surface area contributed by atoms with Gasteiger partial charge in [0.15, 0.2) is 0 Å². The first-order valence-corrected chi connectivity index (χ1v) is 7.93. The fourth-order valence-electron chi connectivity index (χ4n) is 2.04. The van der Waals surface area contributed by atoms with Gasteiger partial charge in [0.1, 0.15) is 11.5 Å². The molecular weight excluding hydrogens is 258 g/mol. The van der Waals surface area contributed by atoms with Gasteiger partial charge in [-0.3, -0.25) is 4.79 Å². The molecule has 0 aromatic carbocycles. The molecule has 0 spiro atoms. The molecule has 1 saturated heterocycles. The van der Waals surface area contributed by atoms with Crippen LogP contribution in [-0.4, -0.2) is 46.4 Å². The summed E-state index contributed by atoms with van der Waals surface area (Å²) >= 11 is 1.92. The summed E-state index contributed by atoms with van der Waals surface area (Å²) in [6.07, 6.45) is 1.07. The van der Waals surface area contributed by atoms with Crippen LogP contribution in [0, 0.1) is 0 Å². The van der Waals surface area contributed by atoms with Crippen molar-refractivity contribution in [3.05, 3.63) is 23.9 Å². The lowest BCUT2D eigenvalue weighted by molar-refractivity contribution is 0.0763. The maximum Gasteiger partial charge on any atom is 0.272 e. The van der Waals surface area contributed by atoms with Crippen LogP contribution in [0.5, 0.6) is 0 Å². The number of amides is 1. The van der Waals surface area contributed by atoms with Crippen LogP contribution in [0.2, 0.25) is 0 Å². The Kier molecular flexibility index (Phi) is 5.07. The Morgan fingerprint density at radius 1 is 1.37 bits per heavy atom. The van der Waals surface area contributed by atoms with Crippen LogP contribution in [0.15, 0.2) is 18.2 Å². The van der Waals surface area contributed by atoms with E-state index < -0.39 is 0 Å². The molecule has 0 radical (unpaired) electrons. The second kappa shape index (κ2) is 6.80. The lowest BCUT2D eigenvalue weighted by Gasteiger charge is -2.20. The number of aromatic nitrogens is 1. The van der Waals surface area contributed by atoms with E-state index in [0.29, 0.717) is 11.7 Å². The molecular formula is C14H21N3OS. The van der Waals surface area contributed by atoms with E-state index in [4.69, 9.17) is 0 Å². The van der Waals surface area contributed by atoms with Gasteiger partial charge in [-0.15, -0.1) is 0 Å². The molecule has 0 bridgehead atoms. The highest BCUT2D eigenvalue weighted by atomic mass is 32.2. The average Bonchev–Trinajstić information content (AvgIpc) is 2.66. The van der Waals surface area contributed by atoms with E-state index >= 15 is 0 Å². The van der Waals surface area contributed by atoms with Crippen LogP contribution in [0.4, 0.5) is 5.82 Å². The third-order valence-electron chi connectivity index (χ3n) is 2.91. The number of hydrogen-bond donors (Lipinski definition) is 1. The number of rotatable bonds is 3. The summed E-state index contributed by atoms with van der Waals surface area (Å²) in [5.74, 6) is 2.99. The lowest BCUT2D eigenvalue weighted by Crippen LogP contribution is -2.33. The van der Waals surface area contributed by atoms with Crippen molar-refractivity contribution in [3.8, 4) is 0 Å². The van der Waals surface area contributed by atoms with Crippen LogP contribution in [0.25, 0.3) is 0 Å². The van der Waals surface area contributed by atoms with Gasteiger partial charge in [0.25, 0.3) is 5.91 Å². The minimum atomic E-state index is 0.0508. The molecule has 2 heterocycles. The van der Waals surface area contributed by atoms with Crippen molar-refractivity contribution in [3.63, 3.8) is 0 Å². The fourth-order valence-corrected chi connectivity index (χ4v) is 2.93. The zero-order chi connectivity index (χ0) is 13.7. The Balaban J connectivity index is 2.09. The number of carbonyl (C=O) groups is 1. The Hall–Kier alpha value is -1.23. The zero-order valence-corrected chi connectivity index (χ0v) is 12.4. The monoisotopic (exact) mass is 279 g/mol. The highest BCUT2D eigenvalue weighted by Gasteiger charge is 2.18. The van der Waals surface area contributed by atoms with Crippen molar-refractivity contribution in [1.82, 2.24) is 9.88 Å². The Morgan fingerprint density at radius 2 is 2.21 bits per heavy atom. The van der Waals surface area contributed by atoms with Gasteiger partial charge in [-0.1, -0.05) is 6.07 Å². The summed E-state index contributed by atoms with van der Waals surface area (Å²) < 4.78 is 0. The fraction of sp³-hybridized carbons (Fsp3) is 0.571. The number of pyridine rings is 1. The third-order valence-corrected chi connectivity index (χ3v) is 3.96. The topological polar surface area (TPSA) is 45.2 Å². The van der Waals surface area contributed by atoms with Gasteiger partial charge in [0.2, 0.25) is 0 Å². The smallest absolute Gasteiger partial charge is 0.272 e. The molecule has 1 N–H and O–H groups in total. The van der Waals surface area contributed by atoms with E-state index in [-0.39, 0.29) is 5.91 Å². The molecule has 104 valence electrons. The molecule has 1 aromatic rings. The van der Waals surface area contributed by atoms with Gasteiger partial charge in [0.05, 0.1) is 0 Å². The quantitative estimate of drug-likeness (QED) is 0.923. The number of nitrogens with one attached hydrogen (secondary N) is 1. The van der Waals surface area contributed by atoms with Gasteiger partial charge in [-0.2, -0.15) is 11.8 Å². The molecule has 2 rings (SSSR count). The molecule has 1 aliphatic heterocycles. The summed E-state index contributed by atoms with van der Waals surface area (Å²) in [4.78, 5) is 18.7. The van der Waals surface area contributed by atoms with Gasteiger partial charge in [-0.05, 0) is 38.2 Å². The molecule has 1 amide bonds. The molecule has 0 saturated carbocycles. The minimum Gasteiger partial charge on any atom is -0.368 e. The molecule has 5 heteroatoms. The van der Waals surface area contributed by atoms with Crippen molar-refractivity contribution in [1.29, 1.82) is 0 Å². The summed E-state index contributed by atoms with van der Waals surface area (Å²) in [6, 6.07) is 5.89. The Bertz CT molecular complexity index is 428. The van der Waals surface area contributed by atoms with E-state index in [0.717, 1.165) is 36.8 Å². The van der Waals surface area contributed by atoms with Crippen LogP contribution < -0.4 is 5.32 Å². The molecule has 0 aliphatic carbocycles. The Labute approximate surface area is 119 Å². The van der Waals surface area contributed by atoms with Crippen molar-refractivity contribution in [2.75, 3.05) is 29.9 Å². The van der Waals surface area contributed by atoms with Crippen molar-refractivity contribution in [2.45, 2.75) is 26.3 Å². The maximum atomic E-state index is 12.4. The SMILES string of the molecule is CC(C)Nc1cccc(C(=O)N2CCCSCC2)n1. The Morgan fingerprint density at radius 3 is 3.00 bits per heavy atom. The summed E-state index contributed by atoms with van der Waals surface area (Å²) in [7, 11) is 0. The molecule has 0 unspecified atom stereocenters. The van der Waals surface area contributed by atoms with E-state index in [2.05, 4.69) is 24.1 Å². The predicted octanol–water partition coefficient (Wildman–Crippen LogP) is 2.48. The number of anilines is 1. The largest absolute Gasteiger partial charge is 0.368 e. The number of thioether (sulfide) groups is 1. The van der Waals surface area contributed by atoms with E-state index in [1.165, 1.54) is 0 Å².